The highest BCUT2D eigenvalue weighted by atomic mass is 16.5. The van der Waals surface area contributed by atoms with Crippen molar-refractivity contribution in [2.45, 2.75) is 32.1 Å². The molecule has 18 rings (SSSR count). The van der Waals surface area contributed by atoms with Crippen LogP contribution in [0.5, 0.6) is 5.75 Å². The van der Waals surface area contributed by atoms with E-state index in [-0.39, 0.29) is 0 Å². The van der Waals surface area contributed by atoms with Crippen LogP contribution >= 0.6 is 0 Å². The monoisotopic (exact) mass is 1000 g/mol. The Hall–Kier alpha value is -9.64. The molecule has 3 aromatic heterocycles. The van der Waals surface area contributed by atoms with E-state index in [0.717, 1.165) is 43.6 Å². The van der Waals surface area contributed by atoms with Crippen LogP contribution in [0.1, 0.15) is 47.9 Å². The molecule has 0 fully saturated rings. The fourth-order valence-electron chi connectivity index (χ4n) is 13.1. The Kier molecular flexibility index (Phi) is 11.1. The first kappa shape index (κ1) is 45.7. The highest BCUT2D eigenvalue weighted by molar-refractivity contribution is 6.14. The van der Waals surface area contributed by atoms with Crippen LogP contribution in [0.2, 0.25) is 0 Å². The second kappa shape index (κ2) is 18.9. The molecule has 0 N–H and O–H groups in total. The van der Waals surface area contributed by atoms with Crippen LogP contribution in [0.4, 0.5) is 5.69 Å². The predicted molar refractivity (Wildman–Crippen MR) is 327 cm³/mol. The van der Waals surface area contributed by atoms with Crippen LogP contribution in [0.25, 0.3) is 94.8 Å². The average Bonchev–Trinajstić information content (AvgIpc) is 4.57. The number of aromatic nitrogens is 2. The summed E-state index contributed by atoms with van der Waals surface area (Å²) in [5.74, 6) is 1.94. The molecule has 0 spiro atoms. The zero-order chi connectivity index (χ0) is 51.7. The maximum Gasteiger partial charge on any atom is 0.135 e. The summed E-state index contributed by atoms with van der Waals surface area (Å²) in [4.78, 5) is 2.31. The molecule has 2 aliphatic heterocycles. The molecule has 4 nitrogen and oxygen atoms in total. The van der Waals surface area contributed by atoms with E-state index < -0.39 is 0 Å². The number of rotatable bonds is 0. The molecule has 0 unspecified atom stereocenters. The fraction of sp³-hybridized carbons (Fsp3) is 0.0811. The van der Waals surface area contributed by atoms with Crippen molar-refractivity contribution in [2.24, 2.45) is 0 Å². The van der Waals surface area contributed by atoms with Crippen molar-refractivity contribution in [2.75, 3.05) is 11.9 Å². The van der Waals surface area contributed by atoms with Gasteiger partial charge < -0.3 is 18.4 Å². The maximum absolute atomic E-state index is 6.06. The number of ether oxygens (including phenoxy) is 1. The number of benzene rings is 8. The Morgan fingerprint density at radius 3 is 1.56 bits per heavy atom. The van der Waals surface area contributed by atoms with Crippen molar-refractivity contribution in [1.29, 1.82) is 0 Å². The van der Waals surface area contributed by atoms with Crippen LogP contribution in [-0.2, 0) is 6.42 Å². The summed E-state index contributed by atoms with van der Waals surface area (Å²) < 4.78 is 10.8. The molecular weight excluding hydrogens is 947 g/mol. The lowest BCUT2D eigenvalue weighted by Gasteiger charge is -2.21. The lowest BCUT2D eigenvalue weighted by Crippen LogP contribution is -2.34. The number of nitrogens with zero attached hydrogens (tertiary/aromatic N) is 3. The van der Waals surface area contributed by atoms with Gasteiger partial charge in [-0.2, -0.15) is 0 Å². The molecule has 0 saturated heterocycles. The van der Waals surface area contributed by atoms with Gasteiger partial charge in [0.1, 0.15) is 11.5 Å². The smallest absolute Gasteiger partial charge is 0.135 e. The lowest BCUT2D eigenvalue weighted by molar-refractivity contribution is 0.451. The normalized spacial score (nSPS) is 15.2. The summed E-state index contributed by atoms with van der Waals surface area (Å²) in [6, 6.07) is 69.1. The number of hydrogen-bond donors (Lipinski definition) is 0. The van der Waals surface area contributed by atoms with Gasteiger partial charge in [-0.15, -0.1) is 0 Å². The molecule has 8 aromatic carbocycles. The first-order chi connectivity index (χ1) is 38.6. The summed E-state index contributed by atoms with van der Waals surface area (Å²) in [7, 11) is 2.16. The molecule has 78 heavy (non-hydrogen) atoms. The minimum Gasteiger partial charge on any atom is -0.456 e. The van der Waals surface area contributed by atoms with Gasteiger partial charge in [0.05, 0.1) is 21.7 Å². The maximum atomic E-state index is 6.06. The van der Waals surface area contributed by atoms with Gasteiger partial charge in [0.25, 0.3) is 0 Å². The van der Waals surface area contributed by atoms with E-state index in [9.17, 15) is 0 Å². The van der Waals surface area contributed by atoms with E-state index in [1.165, 1.54) is 133 Å². The van der Waals surface area contributed by atoms with Crippen LogP contribution in [0, 0.1) is 0 Å². The fourth-order valence-corrected chi connectivity index (χ4v) is 13.1. The summed E-state index contributed by atoms with van der Waals surface area (Å²) >= 11 is 0. The molecular formula is C74H55N3O. The zero-order valence-electron chi connectivity index (χ0n) is 43.5. The molecule has 0 radical (unpaired) electrons. The molecule has 0 saturated carbocycles. The Balaban J connectivity index is 0.0000000910. The molecule has 0 bridgehead atoms. The third-order valence-corrected chi connectivity index (χ3v) is 16.7. The van der Waals surface area contributed by atoms with E-state index in [0.29, 0.717) is 0 Å². The molecule has 4 heteroatoms. The van der Waals surface area contributed by atoms with Crippen LogP contribution in [-0.4, -0.2) is 15.8 Å². The standard InChI is InChI=1S/C21H14N2.C18H15N.C18H14.C17H12O/c1-3-8-16-14(6-1)12-22-18-10-5-11-19(18)23-13-15-7-2-4-9-17(15)21(23)20(16)22;1-19-17-11-5-4-9-15(17)13-7-2-3-8-14(13)16-10-6-12-18(16)19;1-2-8-15-13(6-1)12-14-7-5-11-16(14)18-10-4-3-9-17(15)18;1-2-7-13-12(6-1)14-8-3-4-10-16(14)18-17-11-5-9-15(13)17/h1-4,6-13H,5H2;2-9,11-12H,10H2,1H3;1-10H,11-12H2;1-8,10-11H,9H2. The van der Waals surface area contributed by atoms with Gasteiger partial charge in [-0.3, -0.25) is 0 Å². The highest BCUT2D eigenvalue weighted by Gasteiger charge is 2.26. The van der Waals surface area contributed by atoms with E-state index in [2.05, 4.69) is 264 Å². The van der Waals surface area contributed by atoms with Crippen LogP contribution in [0.3, 0.4) is 0 Å². The Labute approximate surface area is 454 Å². The highest BCUT2D eigenvalue weighted by Crippen LogP contribution is 2.46. The van der Waals surface area contributed by atoms with Crippen LogP contribution in [0.15, 0.2) is 260 Å². The van der Waals surface area contributed by atoms with Crippen molar-refractivity contribution in [3.8, 4) is 39.1 Å². The SMILES string of the molecule is C1=CC2=C(C1)c1ccccc1-c1ccccc1C2.C1=CC2=C(C1)c1ccccc1-c1ccccc1O2.C1=c2c(n3cc4ccccc4c3c3c4ccccc4cn23)=CC1.CN1C2=C(CC=C2)c2ccccc2-c2ccccc21. The molecule has 5 heterocycles. The zero-order valence-corrected chi connectivity index (χ0v) is 43.5. The number of anilines is 1. The summed E-state index contributed by atoms with van der Waals surface area (Å²) in [6.07, 6.45) is 27.7. The van der Waals surface area contributed by atoms with Crippen molar-refractivity contribution < 1.29 is 4.74 Å². The van der Waals surface area contributed by atoms with Gasteiger partial charge >= 0.3 is 0 Å². The first-order valence-corrected chi connectivity index (χ1v) is 27.4. The predicted octanol–water partition coefficient (Wildman–Crippen LogP) is 17.0. The summed E-state index contributed by atoms with van der Waals surface area (Å²) in [5.41, 5.74) is 24.4. The van der Waals surface area contributed by atoms with Crippen molar-refractivity contribution in [3.63, 3.8) is 0 Å². The third-order valence-electron chi connectivity index (χ3n) is 16.7. The van der Waals surface area contributed by atoms with Gasteiger partial charge in [-0.05, 0) is 118 Å². The Morgan fingerprint density at radius 2 is 0.872 bits per heavy atom. The topological polar surface area (TPSA) is 21.3 Å². The van der Waals surface area contributed by atoms with Gasteiger partial charge in [0.2, 0.25) is 0 Å². The van der Waals surface area contributed by atoms with Gasteiger partial charge in [-0.25, -0.2) is 0 Å². The van der Waals surface area contributed by atoms with Gasteiger partial charge in [0.15, 0.2) is 0 Å². The summed E-state index contributed by atoms with van der Waals surface area (Å²) in [6.45, 7) is 0. The Bertz CT molecular complexity index is 4410. The summed E-state index contributed by atoms with van der Waals surface area (Å²) in [5, 5.41) is 7.86. The second-order valence-electron chi connectivity index (χ2n) is 21.0. The molecule has 7 aliphatic rings. The van der Waals surface area contributed by atoms with Crippen molar-refractivity contribution in [1.82, 2.24) is 8.80 Å². The van der Waals surface area contributed by atoms with Crippen LogP contribution < -0.4 is 20.3 Å². The molecule has 0 atom stereocenters. The largest absolute Gasteiger partial charge is 0.456 e. The minimum atomic E-state index is 0.946. The lowest BCUT2D eigenvalue weighted by atomic mass is 9.94. The van der Waals surface area contributed by atoms with Crippen molar-refractivity contribution >= 4 is 67.1 Å². The average molecular weight is 1000 g/mol. The molecule has 372 valence electrons. The minimum absolute atomic E-state index is 0.946. The molecule has 11 aromatic rings. The molecule has 5 aliphatic carbocycles. The number of para-hydroxylation sites is 2. The third kappa shape index (κ3) is 7.50. The van der Waals surface area contributed by atoms with Gasteiger partial charge in [0, 0.05) is 69.1 Å². The van der Waals surface area contributed by atoms with E-state index in [1.807, 2.05) is 12.1 Å². The number of hydrogen-bond acceptors (Lipinski definition) is 2. The quantitative estimate of drug-likeness (QED) is 0.151. The first-order valence-electron chi connectivity index (χ1n) is 27.4. The van der Waals surface area contributed by atoms with Crippen molar-refractivity contribution in [3.05, 3.63) is 293 Å². The molecule has 0 amide bonds. The van der Waals surface area contributed by atoms with Gasteiger partial charge in [-0.1, -0.05) is 218 Å². The Morgan fingerprint density at radius 1 is 0.397 bits per heavy atom. The second-order valence-corrected chi connectivity index (χ2v) is 21.0. The van der Waals surface area contributed by atoms with E-state index >= 15 is 0 Å². The number of allylic oxidation sites excluding steroid dienone is 10. The number of likely N-dealkylation sites (N-methyl/N-ethyl adjacent to an activating group) is 1. The van der Waals surface area contributed by atoms with E-state index in [4.69, 9.17) is 4.74 Å². The van der Waals surface area contributed by atoms with E-state index in [1.54, 1.807) is 0 Å². The number of fused-ring (bicyclic) bond motifs is 22.